The summed E-state index contributed by atoms with van der Waals surface area (Å²) >= 11 is 0. The number of amides is 1. The third-order valence-corrected chi connectivity index (χ3v) is 3.11. The highest BCUT2D eigenvalue weighted by Crippen LogP contribution is 2.17. The number of benzene rings is 1. The van der Waals surface area contributed by atoms with E-state index in [4.69, 9.17) is 9.47 Å². The van der Waals surface area contributed by atoms with Gasteiger partial charge in [-0.15, -0.1) is 0 Å². The van der Waals surface area contributed by atoms with E-state index in [1.54, 1.807) is 32.9 Å². The lowest BCUT2D eigenvalue weighted by atomic mass is 9.99. The number of rotatable bonds is 6. The minimum absolute atomic E-state index is 0.0746. The number of hydrogen-bond donors (Lipinski definition) is 3. The molecule has 134 valence electrons. The Balaban J connectivity index is 2.44. The number of ether oxygens (including phenoxy) is 2. The summed E-state index contributed by atoms with van der Waals surface area (Å²) in [6.07, 6.45) is -2.31. The molecule has 0 aliphatic rings. The molecule has 1 amide bonds. The lowest BCUT2D eigenvalue weighted by Gasteiger charge is -2.30. The van der Waals surface area contributed by atoms with Crippen LogP contribution in [0.5, 0.6) is 0 Å². The second-order valence-electron chi connectivity index (χ2n) is 6.61. The molecule has 1 aromatic carbocycles. The van der Waals surface area contributed by atoms with Crippen molar-refractivity contribution in [3.05, 3.63) is 35.9 Å². The highest BCUT2D eigenvalue weighted by atomic mass is 16.6. The Hall–Kier alpha value is -2.12. The average Bonchev–Trinajstić information content (AvgIpc) is 2.49. The number of alkyl carbamates (subject to hydrolysis) is 1. The first kappa shape index (κ1) is 19.9. The van der Waals surface area contributed by atoms with E-state index < -0.39 is 29.4 Å². The molecular formula is C17H25NO6. The normalized spacial score (nSPS) is 15.1. The van der Waals surface area contributed by atoms with Gasteiger partial charge in [-0.1, -0.05) is 30.3 Å². The quantitative estimate of drug-likeness (QED) is 0.676. The predicted molar refractivity (Wildman–Crippen MR) is 87.1 cm³/mol. The van der Waals surface area contributed by atoms with Gasteiger partial charge >= 0.3 is 12.1 Å². The van der Waals surface area contributed by atoms with E-state index in [0.717, 1.165) is 12.5 Å². The molecule has 0 fully saturated rings. The van der Waals surface area contributed by atoms with Crippen LogP contribution >= 0.6 is 0 Å². The van der Waals surface area contributed by atoms with Crippen LogP contribution in [0.25, 0.3) is 0 Å². The summed E-state index contributed by atoms with van der Waals surface area (Å²) in [5.74, 6) is -0.970. The summed E-state index contributed by atoms with van der Waals surface area (Å²) in [6, 6.07) is 9.08. The number of esters is 1. The number of nitrogens with one attached hydrogen (secondary N) is 1. The molecule has 0 aromatic heterocycles. The zero-order valence-electron chi connectivity index (χ0n) is 14.4. The van der Waals surface area contributed by atoms with E-state index in [1.807, 2.05) is 18.2 Å². The van der Waals surface area contributed by atoms with Gasteiger partial charge in [0.2, 0.25) is 0 Å². The van der Waals surface area contributed by atoms with Gasteiger partial charge in [-0.3, -0.25) is 0 Å². The lowest BCUT2D eigenvalue weighted by Crippen LogP contribution is -2.54. The van der Waals surface area contributed by atoms with Crippen molar-refractivity contribution in [3.8, 4) is 0 Å². The number of hydrogen-bond acceptors (Lipinski definition) is 6. The number of carbonyl (C=O) groups excluding carboxylic acids is 2. The van der Waals surface area contributed by atoms with Crippen molar-refractivity contribution >= 4 is 12.1 Å². The molecule has 0 unspecified atom stereocenters. The molecule has 3 N–H and O–H groups in total. The monoisotopic (exact) mass is 339 g/mol. The minimum Gasteiger partial charge on any atom is -0.458 e. The van der Waals surface area contributed by atoms with E-state index in [0.29, 0.717) is 0 Å². The van der Waals surface area contributed by atoms with Gasteiger partial charge in [0.05, 0.1) is 6.54 Å². The molecule has 0 aliphatic carbocycles. The number of aliphatic hydroxyl groups is 2. The van der Waals surface area contributed by atoms with Gasteiger partial charge in [-0.05, 0) is 33.3 Å². The molecule has 24 heavy (non-hydrogen) atoms. The van der Waals surface area contributed by atoms with Crippen LogP contribution < -0.4 is 5.32 Å². The summed E-state index contributed by atoms with van der Waals surface area (Å²) in [6.45, 7) is 5.78. The first-order valence-electron chi connectivity index (χ1n) is 7.61. The van der Waals surface area contributed by atoms with Crippen molar-refractivity contribution in [1.82, 2.24) is 5.32 Å². The number of aliphatic hydroxyl groups excluding tert-OH is 1. The van der Waals surface area contributed by atoms with Crippen LogP contribution in [0.3, 0.4) is 0 Å². The Kier molecular flexibility index (Phi) is 6.74. The Bertz CT molecular complexity index is 550. The summed E-state index contributed by atoms with van der Waals surface area (Å²) < 4.78 is 10.0. The molecule has 7 nitrogen and oxygen atoms in total. The van der Waals surface area contributed by atoms with Gasteiger partial charge in [-0.2, -0.15) is 0 Å². The third kappa shape index (κ3) is 6.55. The summed E-state index contributed by atoms with van der Waals surface area (Å²) in [5, 5.41) is 22.4. The van der Waals surface area contributed by atoms with Gasteiger partial charge in [-0.25, -0.2) is 9.59 Å². The fraction of sp³-hybridized carbons (Fsp3) is 0.529. The zero-order valence-corrected chi connectivity index (χ0v) is 14.4. The van der Waals surface area contributed by atoms with E-state index in [-0.39, 0.29) is 13.2 Å². The van der Waals surface area contributed by atoms with Gasteiger partial charge in [0.25, 0.3) is 0 Å². The molecule has 0 heterocycles. The predicted octanol–water partition coefficient (Wildman–Crippen LogP) is 1.37. The van der Waals surface area contributed by atoms with Gasteiger partial charge < -0.3 is 25.0 Å². The maximum Gasteiger partial charge on any atom is 0.407 e. The van der Waals surface area contributed by atoms with Crippen LogP contribution in [-0.2, 0) is 20.9 Å². The fourth-order valence-corrected chi connectivity index (χ4v) is 1.67. The second kappa shape index (κ2) is 8.12. The van der Waals surface area contributed by atoms with Crippen LogP contribution in [0.1, 0.15) is 33.3 Å². The van der Waals surface area contributed by atoms with E-state index in [2.05, 4.69) is 5.32 Å². The van der Waals surface area contributed by atoms with E-state index in [9.17, 15) is 19.8 Å². The molecule has 0 saturated carbocycles. The Labute approximate surface area is 141 Å². The molecule has 0 spiro atoms. The van der Waals surface area contributed by atoms with Crippen molar-refractivity contribution in [1.29, 1.82) is 0 Å². The third-order valence-electron chi connectivity index (χ3n) is 3.11. The van der Waals surface area contributed by atoms with Crippen LogP contribution in [0.15, 0.2) is 30.3 Å². The smallest absolute Gasteiger partial charge is 0.407 e. The second-order valence-corrected chi connectivity index (χ2v) is 6.61. The SMILES string of the molecule is CC(C)(C)OC(=O)[C@@](C)(O)[C@H](O)CNC(=O)OCc1ccccc1. The van der Waals surface area contributed by atoms with Crippen molar-refractivity contribution < 1.29 is 29.3 Å². The van der Waals surface area contributed by atoms with Crippen molar-refractivity contribution in [3.63, 3.8) is 0 Å². The summed E-state index contributed by atoms with van der Waals surface area (Å²) in [7, 11) is 0. The van der Waals surface area contributed by atoms with Crippen molar-refractivity contribution in [2.45, 2.75) is 51.6 Å². The van der Waals surface area contributed by atoms with Crippen LogP contribution in [0, 0.1) is 0 Å². The molecule has 1 aromatic rings. The molecule has 0 aliphatic heterocycles. The molecule has 2 atom stereocenters. The minimum atomic E-state index is -2.15. The standard InChI is InChI=1S/C17H25NO6/c1-16(2,3)24-14(20)17(4,22)13(19)10-18-15(21)23-11-12-8-6-5-7-9-12/h5-9,13,19,22H,10-11H2,1-4H3,(H,18,21)/t13-,17+/m1/s1. The average molecular weight is 339 g/mol. The van der Waals surface area contributed by atoms with Gasteiger partial charge in [0, 0.05) is 0 Å². The maximum atomic E-state index is 11.9. The molecule has 0 bridgehead atoms. The molecule has 0 saturated heterocycles. The fourth-order valence-electron chi connectivity index (χ4n) is 1.67. The van der Waals surface area contributed by atoms with Gasteiger partial charge in [0.1, 0.15) is 18.3 Å². The molecule has 0 radical (unpaired) electrons. The Morgan fingerprint density at radius 2 is 1.75 bits per heavy atom. The van der Waals surface area contributed by atoms with E-state index in [1.165, 1.54) is 0 Å². The highest BCUT2D eigenvalue weighted by molar-refractivity contribution is 5.80. The van der Waals surface area contributed by atoms with Crippen LogP contribution in [0.4, 0.5) is 4.79 Å². The Morgan fingerprint density at radius 1 is 1.17 bits per heavy atom. The van der Waals surface area contributed by atoms with Crippen molar-refractivity contribution in [2.75, 3.05) is 6.54 Å². The first-order chi connectivity index (χ1) is 11.0. The first-order valence-corrected chi connectivity index (χ1v) is 7.61. The van der Waals surface area contributed by atoms with Crippen LogP contribution in [0.2, 0.25) is 0 Å². The molecule has 7 heteroatoms. The summed E-state index contributed by atoms with van der Waals surface area (Å²) in [4.78, 5) is 23.5. The molecular weight excluding hydrogens is 314 g/mol. The Morgan fingerprint density at radius 3 is 2.29 bits per heavy atom. The number of carbonyl (C=O) groups is 2. The lowest BCUT2D eigenvalue weighted by molar-refractivity contribution is -0.186. The zero-order chi connectivity index (χ0) is 18.4. The summed E-state index contributed by atoms with van der Waals surface area (Å²) in [5.41, 5.74) is -2.14. The topological polar surface area (TPSA) is 105 Å². The molecule has 1 rings (SSSR count). The van der Waals surface area contributed by atoms with Crippen molar-refractivity contribution in [2.24, 2.45) is 0 Å². The van der Waals surface area contributed by atoms with Crippen LogP contribution in [-0.4, -0.2) is 46.1 Å². The largest absolute Gasteiger partial charge is 0.458 e. The highest BCUT2D eigenvalue weighted by Gasteiger charge is 2.41. The van der Waals surface area contributed by atoms with Gasteiger partial charge in [0.15, 0.2) is 5.60 Å². The van der Waals surface area contributed by atoms with E-state index >= 15 is 0 Å². The maximum absolute atomic E-state index is 11.9.